The molecule has 198 valence electrons. The Morgan fingerprint density at radius 3 is 2.21 bits per heavy atom. The molecule has 0 aliphatic carbocycles. The van der Waals surface area contributed by atoms with Gasteiger partial charge in [-0.1, -0.05) is 71.7 Å². The molecule has 0 spiro atoms. The van der Waals surface area contributed by atoms with Crippen molar-refractivity contribution in [3.05, 3.63) is 99.5 Å². The molecule has 0 fully saturated rings. The fraction of sp³-hybridized carbons (Fsp3) is 0.222. The predicted octanol–water partition coefficient (Wildman–Crippen LogP) is 3.91. The van der Waals surface area contributed by atoms with Crippen molar-refractivity contribution >= 4 is 50.9 Å². The molecule has 0 bridgehead atoms. The van der Waals surface area contributed by atoms with E-state index in [9.17, 15) is 22.8 Å². The summed E-state index contributed by atoms with van der Waals surface area (Å²) in [6.45, 7) is 1.10. The number of carbonyl (C=O) groups excluding carboxylic acids is 3. The van der Waals surface area contributed by atoms with Crippen LogP contribution in [0.1, 0.15) is 28.4 Å². The van der Waals surface area contributed by atoms with Gasteiger partial charge in [0, 0.05) is 35.1 Å². The highest BCUT2D eigenvalue weighted by molar-refractivity contribution is 7.90. The van der Waals surface area contributed by atoms with Gasteiger partial charge in [0.1, 0.15) is 17.5 Å². The van der Waals surface area contributed by atoms with Crippen LogP contribution < -0.4 is 5.32 Å². The number of hydrogen-bond acceptors (Lipinski definition) is 5. The number of halogens is 2. The number of fused-ring (bicyclic) bond motifs is 1. The minimum absolute atomic E-state index is 0.00874. The van der Waals surface area contributed by atoms with Gasteiger partial charge in [0.25, 0.3) is 15.9 Å². The van der Waals surface area contributed by atoms with Crippen LogP contribution in [0.2, 0.25) is 10.0 Å². The highest BCUT2D eigenvalue weighted by atomic mass is 35.5. The van der Waals surface area contributed by atoms with E-state index in [1.807, 2.05) is 30.3 Å². The lowest BCUT2D eigenvalue weighted by molar-refractivity contribution is -0.141. The first-order valence-corrected chi connectivity index (χ1v) is 14.0. The molecule has 3 aromatic carbocycles. The highest BCUT2D eigenvalue weighted by Gasteiger charge is 2.43. The summed E-state index contributed by atoms with van der Waals surface area (Å²) in [5.41, 5.74) is 1.17. The van der Waals surface area contributed by atoms with Crippen LogP contribution in [0.4, 0.5) is 0 Å². The van der Waals surface area contributed by atoms with E-state index in [0.29, 0.717) is 16.4 Å². The molecule has 11 heteroatoms. The third-order valence-corrected chi connectivity index (χ3v) is 8.70. The summed E-state index contributed by atoms with van der Waals surface area (Å²) in [5, 5.41) is 3.31. The number of nitrogens with zero attached hydrogens (tertiary/aromatic N) is 2. The average molecular weight is 574 g/mol. The van der Waals surface area contributed by atoms with Crippen LogP contribution in [0.3, 0.4) is 0 Å². The number of likely N-dealkylation sites (N-methyl/N-ethyl adjacent to an activating group) is 1. The standard InChI is InChI=1S/C27H25Cl2N3O5S/c1-2-30-26(34)23(15-18-9-4-3-5-10-18)31(16-20-21(28)12-8-13-22(20)29)25(33)17-32-27(35)19-11-6-7-14-24(19)38(32,36)37/h3-14,23H,2,15-17H2,1H3,(H,30,34). The number of sulfonamides is 1. The third kappa shape index (κ3) is 5.55. The number of carbonyl (C=O) groups is 3. The molecule has 8 nitrogen and oxygen atoms in total. The van der Waals surface area contributed by atoms with Crippen LogP contribution in [0.15, 0.2) is 77.7 Å². The lowest BCUT2D eigenvalue weighted by Gasteiger charge is -2.33. The van der Waals surface area contributed by atoms with E-state index in [1.54, 1.807) is 31.2 Å². The van der Waals surface area contributed by atoms with Crippen molar-refractivity contribution in [2.75, 3.05) is 13.1 Å². The van der Waals surface area contributed by atoms with Crippen molar-refractivity contribution in [1.29, 1.82) is 0 Å². The maximum atomic E-state index is 13.9. The Labute approximate surface area is 231 Å². The van der Waals surface area contributed by atoms with Crippen LogP contribution in [-0.2, 0) is 32.6 Å². The van der Waals surface area contributed by atoms with Crippen LogP contribution in [-0.4, -0.2) is 54.5 Å². The Morgan fingerprint density at radius 1 is 0.947 bits per heavy atom. The topological polar surface area (TPSA) is 104 Å². The maximum absolute atomic E-state index is 13.9. The molecule has 1 N–H and O–H groups in total. The fourth-order valence-corrected chi connectivity index (χ4v) is 6.34. The van der Waals surface area contributed by atoms with Crippen molar-refractivity contribution in [2.24, 2.45) is 0 Å². The van der Waals surface area contributed by atoms with Crippen LogP contribution in [0, 0.1) is 0 Å². The summed E-state index contributed by atoms with van der Waals surface area (Å²) < 4.78 is 26.8. The maximum Gasteiger partial charge on any atom is 0.269 e. The second-order valence-corrected chi connectivity index (χ2v) is 11.3. The lowest BCUT2D eigenvalue weighted by Crippen LogP contribution is -2.53. The van der Waals surface area contributed by atoms with Gasteiger partial charge in [-0.3, -0.25) is 14.4 Å². The van der Waals surface area contributed by atoms with Gasteiger partial charge in [-0.15, -0.1) is 0 Å². The van der Waals surface area contributed by atoms with Crippen LogP contribution in [0.5, 0.6) is 0 Å². The Bertz CT molecular complexity index is 1460. The van der Waals surface area contributed by atoms with E-state index >= 15 is 0 Å². The minimum atomic E-state index is -4.24. The molecule has 1 aliphatic rings. The molecule has 1 unspecified atom stereocenters. The summed E-state index contributed by atoms with van der Waals surface area (Å²) in [5.74, 6) is -1.99. The van der Waals surface area contributed by atoms with E-state index < -0.39 is 40.3 Å². The van der Waals surface area contributed by atoms with Crippen LogP contribution >= 0.6 is 23.2 Å². The number of benzene rings is 3. The molecule has 38 heavy (non-hydrogen) atoms. The average Bonchev–Trinajstić information content (AvgIpc) is 3.09. The summed E-state index contributed by atoms with van der Waals surface area (Å²) in [4.78, 5) is 41.2. The Hall–Kier alpha value is -3.40. The van der Waals surface area contributed by atoms with Gasteiger partial charge in [0.2, 0.25) is 11.8 Å². The molecule has 0 aromatic heterocycles. The van der Waals surface area contributed by atoms with E-state index in [1.165, 1.54) is 23.1 Å². The van der Waals surface area contributed by atoms with Gasteiger partial charge in [-0.25, -0.2) is 12.7 Å². The first-order chi connectivity index (χ1) is 18.1. The van der Waals surface area contributed by atoms with E-state index in [2.05, 4.69) is 5.32 Å². The molecule has 0 saturated heterocycles. The molecular weight excluding hydrogens is 549 g/mol. The largest absolute Gasteiger partial charge is 0.355 e. The Morgan fingerprint density at radius 2 is 1.58 bits per heavy atom. The molecule has 1 aliphatic heterocycles. The molecule has 1 atom stereocenters. The monoisotopic (exact) mass is 573 g/mol. The highest BCUT2D eigenvalue weighted by Crippen LogP contribution is 2.31. The number of amides is 3. The van der Waals surface area contributed by atoms with Crippen LogP contribution in [0.25, 0.3) is 0 Å². The molecule has 3 aromatic rings. The van der Waals surface area contributed by atoms with E-state index in [0.717, 1.165) is 5.56 Å². The van der Waals surface area contributed by atoms with E-state index in [4.69, 9.17) is 23.2 Å². The molecule has 1 heterocycles. The molecular formula is C27H25Cl2N3O5S. The first-order valence-electron chi connectivity index (χ1n) is 11.8. The zero-order chi connectivity index (χ0) is 27.4. The molecule has 3 amide bonds. The normalized spacial score (nSPS) is 14.6. The zero-order valence-electron chi connectivity index (χ0n) is 20.4. The summed E-state index contributed by atoms with van der Waals surface area (Å²) in [7, 11) is -4.24. The zero-order valence-corrected chi connectivity index (χ0v) is 22.8. The Kier molecular flexibility index (Phi) is 8.40. The number of nitrogens with one attached hydrogen (secondary N) is 1. The predicted molar refractivity (Wildman–Crippen MR) is 144 cm³/mol. The van der Waals surface area contributed by atoms with Crippen molar-refractivity contribution in [3.8, 4) is 0 Å². The van der Waals surface area contributed by atoms with Crippen molar-refractivity contribution in [2.45, 2.75) is 30.8 Å². The SMILES string of the molecule is CCNC(=O)C(Cc1ccccc1)N(Cc1c(Cl)cccc1Cl)C(=O)CN1C(=O)c2ccccc2S1(=O)=O. The summed E-state index contributed by atoms with van der Waals surface area (Å²) in [6.07, 6.45) is 0.140. The smallest absolute Gasteiger partial charge is 0.269 e. The van der Waals surface area contributed by atoms with Crippen molar-refractivity contribution in [1.82, 2.24) is 14.5 Å². The Balaban J connectivity index is 1.74. The van der Waals surface area contributed by atoms with Gasteiger partial charge in [0.05, 0.1) is 5.56 Å². The quantitative estimate of drug-likeness (QED) is 0.418. The van der Waals surface area contributed by atoms with Crippen molar-refractivity contribution < 1.29 is 22.8 Å². The second-order valence-electron chi connectivity index (χ2n) is 8.63. The first kappa shape index (κ1) is 27.6. The summed E-state index contributed by atoms with van der Waals surface area (Å²) in [6, 6.07) is 18.7. The minimum Gasteiger partial charge on any atom is -0.355 e. The van der Waals surface area contributed by atoms with Gasteiger partial charge in [-0.05, 0) is 36.8 Å². The number of hydrogen-bond donors (Lipinski definition) is 1. The molecule has 4 rings (SSSR count). The fourth-order valence-electron chi connectivity index (χ4n) is 4.30. The summed E-state index contributed by atoms with van der Waals surface area (Å²) >= 11 is 12.8. The van der Waals surface area contributed by atoms with E-state index in [-0.39, 0.29) is 33.5 Å². The molecule has 0 saturated carbocycles. The van der Waals surface area contributed by atoms with Gasteiger partial charge < -0.3 is 10.2 Å². The van der Waals surface area contributed by atoms with Crippen molar-refractivity contribution in [3.63, 3.8) is 0 Å². The van der Waals surface area contributed by atoms with Gasteiger partial charge in [0.15, 0.2) is 0 Å². The lowest BCUT2D eigenvalue weighted by atomic mass is 10.0. The van der Waals surface area contributed by atoms with Gasteiger partial charge in [-0.2, -0.15) is 0 Å². The third-order valence-electron chi connectivity index (χ3n) is 6.20. The van der Waals surface area contributed by atoms with Gasteiger partial charge >= 0.3 is 0 Å². The number of rotatable bonds is 9. The molecule has 0 radical (unpaired) electrons. The second kappa shape index (κ2) is 11.6.